The average molecular weight is 343 g/mol. The van der Waals surface area contributed by atoms with E-state index in [1.807, 2.05) is 24.3 Å². The highest BCUT2D eigenvalue weighted by Crippen LogP contribution is 2.26. The standard InChI is InChI=1S/C17H26N2O3.ClH/c1-21-11-12-22-15-7-5-14(6-8-15)13-19-16(20)17(18)9-3-2-4-10-17;/h5-8H,2-4,9-13,18H2,1H3,(H,19,20);1H. The highest BCUT2D eigenvalue weighted by Gasteiger charge is 2.34. The fourth-order valence-corrected chi connectivity index (χ4v) is 2.71. The predicted octanol–water partition coefficient (Wildman–Crippen LogP) is 2.41. The molecule has 1 amide bonds. The summed E-state index contributed by atoms with van der Waals surface area (Å²) in [5, 5.41) is 2.96. The predicted molar refractivity (Wildman–Crippen MR) is 92.9 cm³/mol. The molecule has 0 heterocycles. The molecule has 0 aromatic heterocycles. The molecule has 1 fully saturated rings. The lowest BCUT2D eigenvalue weighted by Gasteiger charge is -2.31. The molecule has 3 N–H and O–H groups in total. The third-order valence-electron chi connectivity index (χ3n) is 4.13. The molecule has 1 saturated carbocycles. The van der Waals surface area contributed by atoms with E-state index in [0.717, 1.165) is 37.0 Å². The smallest absolute Gasteiger partial charge is 0.240 e. The fourth-order valence-electron chi connectivity index (χ4n) is 2.71. The topological polar surface area (TPSA) is 73.6 Å². The van der Waals surface area contributed by atoms with Crippen LogP contribution in [0.15, 0.2) is 24.3 Å². The SMILES string of the molecule is COCCOc1ccc(CNC(=O)C2(N)CCCCC2)cc1.Cl. The molecule has 1 aromatic carbocycles. The molecule has 0 radical (unpaired) electrons. The molecule has 130 valence electrons. The van der Waals surface area contributed by atoms with Crippen LogP contribution in [0, 0.1) is 0 Å². The maximum atomic E-state index is 12.3. The number of nitrogens with one attached hydrogen (secondary N) is 1. The van der Waals surface area contributed by atoms with Gasteiger partial charge in [-0.25, -0.2) is 0 Å². The van der Waals surface area contributed by atoms with Gasteiger partial charge in [0.15, 0.2) is 0 Å². The molecule has 0 bridgehead atoms. The zero-order chi connectivity index (χ0) is 15.8. The summed E-state index contributed by atoms with van der Waals surface area (Å²) in [5.74, 6) is 0.766. The van der Waals surface area contributed by atoms with E-state index in [0.29, 0.717) is 19.8 Å². The normalized spacial score (nSPS) is 16.3. The molecule has 5 nitrogen and oxygen atoms in total. The highest BCUT2D eigenvalue weighted by atomic mass is 35.5. The molecule has 1 aliphatic rings. The number of carbonyl (C=O) groups excluding carboxylic acids is 1. The van der Waals surface area contributed by atoms with E-state index >= 15 is 0 Å². The van der Waals surface area contributed by atoms with Crippen LogP contribution in [-0.2, 0) is 16.1 Å². The summed E-state index contributed by atoms with van der Waals surface area (Å²) in [6.45, 7) is 1.59. The Bertz CT molecular complexity index is 473. The van der Waals surface area contributed by atoms with Crippen molar-refractivity contribution < 1.29 is 14.3 Å². The van der Waals surface area contributed by atoms with Gasteiger partial charge in [-0.05, 0) is 30.5 Å². The number of rotatable bonds is 7. The minimum Gasteiger partial charge on any atom is -0.491 e. The maximum absolute atomic E-state index is 12.3. The van der Waals surface area contributed by atoms with Crippen LogP contribution >= 0.6 is 12.4 Å². The Morgan fingerprint density at radius 3 is 2.43 bits per heavy atom. The number of carbonyl (C=O) groups is 1. The van der Waals surface area contributed by atoms with Crippen LogP contribution in [0.25, 0.3) is 0 Å². The van der Waals surface area contributed by atoms with Crippen LogP contribution < -0.4 is 15.8 Å². The van der Waals surface area contributed by atoms with Gasteiger partial charge >= 0.3 is 0 Å². The van der Waals surface area contributed by atoms with Crippen molar-refractivity contribution in [2.45, 2.75) is 44.2 Å². The lowest BCUT2D eigenvalue weighted by Crippen LogP contribution is -2.54. The van der Waals surface area contributed by atoms with E-state index in [4.69, 9.17) is 15.2 Å². The van der Waals surface area contributed by atoms with Gasteiger partial charge in [-0.3, -0.25) is 4.79 Å². The van der Waals surface area contributed by atoms with Gasteiger partial charge in [-0.1, -0.05) is 31.4 Å². The van der Waals surface area contributed by atoms with Gasteiger partial charge in [0, 0.05) is 13.7 Å². The highest BCUT2D eigenvalue weighted by molar-refractivity contribution is 5.86. The Morgan fingerprint density at radius 1 is 1.17 bits per heavy atom. The molecular formula is C17H27ClN2O3. The monoisotopic (exact) mass is 342 g/mol. The largest absolute Gasteiger partial charge is 0.491 e. The number of benzene rings is 1. The molecule has 2 rings (SSSR count). The van der Waals surface area contributed by atoms with Crippen LogP contribution in [0.5, 0.6) is 5.75 Å². The van der Waals surface area contributed by atoms with Gasteiger partial charge in [0.2, 0.25) is 5.91 Å². The number of amides is 1. The number of ether oxygens (including phenoxy) is 2. The van der Waals surface area contributed by atoms with Gasteiger partial charge in [0.05, 0.1) is 12.1 Å². The molecular weight excluding hydrogens is 316 g/mol. The minimum absolute atomic E-state index is 0. The first kappa shape index (κ1) is 19.7. The molecule has 6 heteroatoms. The minimum atomic E-state index is -0.679. The first-order valence-electron chi connectivity index (χ1n) is 7.92. The second kappa shape index (κ2) is 9.75. The van der Waals surface area contributed by atoms with E-state index in [-0.39, 0.29) is 18.3 Å². The van der Waals surface area contributed by atoms with Crippen molar-refractivity contribution in [2.24, 2.45) is 5.73 Å². The van der Waals surface area contributed by atoms with Crippen LogP contribution in [0.3, 0.4) is 0 Å². The Labute approximate surface area is 144 Å². The molecule has 1 aliphatic carbocycles. The van der Waals surface area contributed by atoms with Gasteiger partial charge in [-0.2, -0.15) is 0 Å². The summed E-state index contributed by atoms with van der Waals surface area (Å²) in [7, 11) is 1.64. The van der Waals surface area contributed by atoms with Crippen LogP contribution in [0.4, 0.5) is 0 Å². The van der Waals surface area contributed by atoms with E-state index in [9.17, 15) is 4.79 Å². The summed E-state index contributed by atoms with van der Waals surface area (Å²) in [4.78, 5) is 12.3. The van der Waals surface area contributed by atoms with Crippen molar-refractivity contribution in [2.75, 3.05) is 20.3 Å². The summed E-state index contributed by atoms with van der Waals surface area (Å²) < 4.78 is 10.4. The van der Waals surface area contributed by atoms with Crippen molar-refractivity contribution in [1.29, 1.82) is 0 Å². The molecule has 0 aliphatic heterocycles. The van der Waals surface area contributed by atoms with Crippen LogP contribution in [-0.4, -0.2) is 31.8 Å². The van der Waals surface area contributed by atoms with E-state index < -0.39 is 5.54 Å². The zero-order valence-electron chi connectivity index (χ0n) is 13.7. The van der Waals surface area contributed by atoms with E-state index in [1.165, 1.54) is 6.42 Å². The second-order valence-electron chi connectivity index (χ2n) is 5.88. The number of halogens is 1. The Morgan fingerprint density at radius 2 is 1.83 bits per heavy atom. The molecule has 1 aromatic rings. The van der Waals surface area contributed by atoms with Gasteiger partial charge in [0.1, 0.15) is 12.4 Å². The van der Waals surface area contributed by atoms with E-state index in [1.54, 1.807) is 7.11 Å². The zero-order valence-corrected chi connectivity index (χ0v) is 14.5. The van der Waals surface area contributed by atoms with Crippen molar-refractivity contribution in [1.82, 2.24) is 5.32 Å². The first-order valence-corrected chi connectivity index (χ1v) is 7.92. The van der Waals surface area contributed by atoms with Crippen LogP contribution in [0.1, 0.15) is 37.7 Å². The third-order valence-corrected chi connectivity index (χ3v) is 4.13. The quantitative estimate of drug-likeness (QED) is 0.746. The van der Waals surface area contributed by atoms with Crippen molar-refractivity contribution in [3.05, 3.63) is 29.8 Å². The van der Waals surface area contributed by atoms with Crippen molar-refractivity contribution in [3.8, 4) is 5.75 Å². The van der Waals surface area contributed by atoms with Crippen molar-refractivity contribution >= 4 is 18.3 Å². The summed E-state index contributed by atoms with van der Waals surface area (Å²) >= 11 is 0. The molecule has 0 atom stereocenters. The van der Waals surface area contributed by atoms with Gasteiger partial charge in [0.25, 0.3) is 0 Å². The van der Waals surface area contributed by atoms with Crippen molar-refractivity contribution in [3.63, 3.8) is 0 Å². The Kier molecular flexibility index (Phi) is 8.37. The molecule has 0 unspecified atom stereocenters. The number of hydrogen-bond acceptors (Lipinski definition) is 4. The summed E-state index contributed by atoms with van der Waals surface area (Å²) in [6.07, 6.45) is 4.82. The number of nitrogens with two attached hydrogens (primary N) is 1. The number of hydrogen-bond donors (Lipinski definition) is 2. The fraction of sp³-hybridized carbons (Fsp3) is 0.588. The summed E-state index contributed by atoms with van der Waals surface area (Å²) in [6, 6.07) is 7.70. The Balaban J connectivity index is 0.00000264. The average Bonchev–Trinajstić information content (AvgIpc) is 2.55. The lowest BCUT2D eigenvalue weighted by atomic mass is 9.82. The summed E-state index contributed by atoms with van der Waals surface area (Å²) in [5.41, 5.74) is 6.57. The Hall–Kier alpha value is -1.30. The van der Waals surface area contributed by atoms with Gasteiger partial charge in [-0.15, -0.1) is 12.4 Å². The third kappa shape index (κ3) is 6.01. The molecule has 23 heavy (non-hydrogen) atoms. The maximum Gasteiger partial charge on any atom is 0.240 e. The second-order valence-corrected chi connectivity index (χ2v) is 5.88. The van der Waals surface area contributed by atoms with E-state index in [2.05, 4.69) is 5.32 Å². The van der Waals surface area contributed by atoms with Crippen LogP contribution in [0.2, 0.25) is 0 Å². The lowest BCUT2D eigenvalue weighted by molar-refractivity contribution is -0.127. The first-order chi connectivity index (χ1) is 10.6. The number of methoxy groups -OCH3 is 1. The molecule has 0 spiro atoms. The van der Waals surface area contributed by atoms with Gasteiger partial charge < -0.3 is 20.5 Å². The molecule has 0 saturated heterocycles.